The van der Waals surface area contributed by atoms with E-state index in [9.17, 15) is 60.4 Å². The van der Waals surface area contributed by atoms with Crippen molar-refractivity contribution in [2.24, 2.45) is 0 Å². The number of benzene rings is 10. The van der Waals surface area contributed by atoms with Gasteiger partial charge in [-0.05, 0) is 67.4 Å². The first kappa shape index (κ1) is 64.0. The van der Waals surface area contributed by atoms with Gasteiger partial charge in [0.2, 0.25) is 5.82 Å². The Labute approximate surface area is 564 Å². The van der Waals surface area contributed by atoms with Crippen LogP contribution in [0.3, 0.4) is 0 Å². The van der Waals surface area contributed by atoms with Crippen molar-refractivity contribution >= 4 is 72.0 Å². The van der Waals surface area contributed by atoms with Gasteiger partial charge in [-0.25, -0.2) is 22.0 Å². The van der Waals surface area contributed by atoms with Gasteiger partial charge in [-0.3, -0.25) is 14.4 Å². The summed E-state index contributed by atoms with van der Waals surface area (Å²) < 4.78 is 95.2. The fourth-order valence-electron chi connectivity index (χ4n) is 7.87. The Bertz CT molecular complexity index is 3910. The Morgan fingerprint density at radius 3 is 0.987 bits per heavy atom. The van der Waals surface area contributed by atoms with Crippen molar-refractivity contribution in [3.8, 4) is 0 Å². The van der Waals surface area contributed by atoms with Gasteiger partial charge < -0.3 is 15.3 Å². The fraction of sp³-hybridized carbons (Fsp3) is 0.0161. The monoisotopic (exact) mass is 1470 g/mol. The summed E-state index contributed by atoms with van der Waals surface area (Å²) in [7, 11) is 0. The van der Waals surface area contributed by atoms with E-state index in [-0.39, 0.29) is 176 Å². The molecule has 3 radical (unpaired) electrons. The van der Waals surface area contributed by atoms with Crippen molar-refractivity contribution in [2.45, 2.75) is 5.92 Å². The molecule has 10 aromatic rings. The zero-order chi connectivity index (χ0) is 53.4. The number of allylic oxidation sites excluding steroid dienone is 4. The van der Waals surface area contributed by atoms with Crippen LogP contribution in [0.2, 0.25) is 0 Å². The van der Waals surface area contributed by atoms with Crippen LogP contribution >= 0.6 is 0 Å². The van der Waals surface area contributed by atoms with Gasteiger partial charge in [-0.2, -0.15) is 8.78 Å². The maximum atomic E-state index is 14.2. The van der Waals surface area contributed by atoms with Crippen molar-refractivity contribution < 1.29 is 209 Å². The van der Waals surface area contributed by atoms with Crippen molar-refractivity contribution in [1.29, 1.82) is 0 Å². The maximum absolute atomic E-state index is 14.2. The average Bonchev–Trinajstić information content (AvgIpc) is 3.44. The molecule has 393 valence electrons. The van der Waals surface area contributed by atoms with Crippen LogP contribution in [0.15, 0.2) is 224 Å². The van der Waals surface area contributed by atoms with Gasteiger partial charge in [0.05, 0.1) is 5.56 Å². The molecule has 0 heterocycles. The number of hydrogen-bond donors (Lipinski definition) is 3. The molecule has 0 atom stereocenters. The first-order chi connectivity index (χ1) is 36.0. The van der Waals surface area contributed by atoms with Crippen molar-refractivity contribution in [3.05, 3.63) is 287 Å². The first-order valence-electron chi connectivity index (χ1n) is 22.8. The molecule has 0 amide bonds. The molecule has 0 aliphatic heterocycles. The largest absolute Gasteiger partial charge is 0.507 e. The number of alkyl halides is 2. The molecular formula is C62H39Eu3F7O6. The Balaban J connectivity index is 0.000000212. The topological polar surface area (TPSA) is 112 Å². The maximum Gasteiger partial charge on any atom is 0.329 e. The average molecular weight is 1470 g/mol. The van der Waals surface area contributed by atoms with Gasteiger partial charge in [0.25, 0.3) is 0 Å². The molecular weight excluding hydrogens is 1430 g/mol. The Hall–Kier alpha value is -4.87. The molecule has 0 saturated carbocycles. The number of ketones is 3. The van der Waals surface area contributed by atoms with Gasteiger partial charge in [0.15, 0.2) is 46.4 Å². The number of aliphatic hydroxyl groups excluding tert-OH is 3. The molecule has 0 saturated heterocycles. The molecule has 3 N–H and O–H groups in total. The van der Waals surface area contributed by atoms with Crippen LogP contribution in [0.1, 0.15) is 47.8 Å². The number of fused-ring (bicyclic) bond motifs is 4. The van der Waals surface area contributed by atoms with E-state index in [2.05, 4.69) is 0 Å². The zero-order valence-electron chi connectivity index (χ0n) is 40.1. The molecule has 0 unspecified atom stereocenters. The van der Waals surface area contributed by atoms with E-state index in [1.165, 1.54) is 42.5 Å². The van der Waals surface area contributed by atoms with E-state index in [0.717, 1.165) is 37.7 Å². The molecule has 0 bridgehead atoms. The summed E-state index contributed by atoms with van der Waals surface area (Å²) in [5.74, 6) is -19.2. The van der Waals surface area contributed by atoms with Crippen LogP contribution in [-0.2, 0) is 5.92 Å². The van der Waals surface area contributed by atoms with Gasteiger partial charge in [0, 0.05) is 194 Å². The van der Waals surface area contributed by atoms with Gasteiger partial charge in [-0.1, -0.05) is 176 Å². The third kappa shape index (κ3) is 15.3. The quantitative estimate of drug-likeness (QED) is 0.0314. The van der Waals surface area contributed by atoms with Crippen LogP contribution < -0.4 is 0 Å². The minimum atomic E-state index is -3.62. The summed E-state index contributed by atoms with van der Waals surface area (Å²) in [6.45, 7) is 0. The SMILES string of the molecule is O=C(C=C(O)C(F)(F)c1ccccc1)c1ccc2ccccc2c1.O=C(C=C(O)c1c(F)c(F)c(F)c(F)c1F)c1ccc2ccccc2c1.O=C(C=C(O)c1ccc2ccccc2c1)c1ccc2ccccc2c1.[Eu].[Eu].[Eu]. The van der Waals surface area contributed by atoms with Gasteiger partial charge >= 0.3 is 5.92 Å². The second-order valence-electron chi connectivity index (χ2n) is 16.8. The Kier molecular flexibility index (Phi) is 23.8. The summed E-state index contributed by atoms with van der Waals surface area (Å²) in [5, 5.41) is 37.4. The molecule has 78 heavy (non-hydrogen) atoms. The van der Waals surface area contributed by atoms with Gasteiger partial charge in [0.1, 0.15) is 11.5 Å². The zero-order valence-corrected chi connectivity index (χ0v) is 47.4. The predicted octanol–water partition coefficient (Wildman–Crippen LogP) is 16.3. The molecule has 0 spiro atoms. The second kappa shape index (κ2) is 29.0. The van der Waals surface area contributed by atoms with E-state index in [4.69, 9.17) is 0 Å². The number of aliphatic hydroxyl groups is 3. The minimum Gasteiger partial charge on any atom is -0.507 e. The molecule has 10 rings (SSSR count). The van der Waals surface area contributed by atoms with E-state index in [1.807, 2.05) is 103 Å². The standard InChI is InChI=1S/C23H16O2.C20H14F2O2.C19H9F5O2.3Eu/c24-22(20-11-9-16-5-1-3-7-18(16)13-20)15-23(25)21-12-10-17-6-2-4-8-19(17)14-21;21-20(22,17-8-2-1-3-9-17)19(24)13-18(23)16-11-10-14-6-4-5-7-15(14)12-16;20-15-14(16(21)18(23)19(24)17(15)22)13(26)8-12(25)11-6-5-9-3-1-2-4-10(9)7-11;;;/h1-15,24H;1-13,24H;1-8,26H;;;. The summed E-state index contributed by atoms with van der Waals surface area (Å²) >= 11 is 0. The molecule has 10 aromatic carbocycles. The van der Waals surface area contributed by atoms with Crippen LogP contribution in [0.25, 0.3) is 54.6 Å². The van der Waals surface area contributed by atoms with E-state index in [0.29, 0.717) is 28.7 Å². The van der Waals surface area contributed by atoms with E-state index < -0.39 is 63.7 Å². The van der Waals surface area contributed by atoms with Crippen LogP contribution in [-0.4, -0.2) is 32.7 Å². The van der Waals surface area contributed by atoms with Crippen LogP contribution in [0, 0.1) is 177 Å². The molecule has 0 fully saturated rings. The number of hydrogen-bond acceptors (Lipinski definition) is 6. The number of carbonyl (C=O) groups excluding carboxylic acids is 3. The smallest absolute Gasteiger partial charge is 0.329 e. The molecule has 6 nitrogen and oxygen atoms in total. The van der Waals surface area contributed by atoms with Crippen molar-refractivity contribution in [2.75, 3.05) is 0 Å². The van der Waals surface area contributed by atoms with Crippen LogP contribution in [0.5, 0.6) is 0 Å². The summed E-state index contributed by atoms with van der Waals surface area (Å²) in [6, 6.07) is 57.8. The first-order valence-corrected chi connectivity index (χ1v) is 22.8. The molecule has 0 aromatic heterocycles. The fourth-order valence-corrected chi connectivity index (χ4v) is 7.87. The summed E-state index contributed by atoms with van der Waals surface area (Å²) in [4.78, 5) is 36.9. The van der Waals surface area contributed by atoms with Crippen molar-refractivity contribution in [1.82, 2.24) is 0 Å². The van der Waals surface area contributed by atoms with Gasteiger partial charge in [-0.15, -0.1) is 0 Å². The number of carbonyl (C=O) groups is 3. The third-order valence-corrected chi connectivity index (χ3v) is 11.9. The molecule has 0 aliphatic rings. The second-order valence-corrected chi connectivity index (χ2v) is 16.8. The predicted molar refractivity (Wildman–Crippen MR) is 277 cm³/mol. The Morgan fingerprint density at radius 2 is 0.615 bits per heavy atom. The van der Waals surface area contributed by atoms with Crippen molar-refractivity contribution in [3.63, 3.8) is 0 Å². The van der Waals surface area contributed by atoms with E-state index >= 15 is 0 Å². The molecule has 16 heteroatoms. The molecule has 0 aliphatic carbocycles. The Morgan fingerprint density at radius 1 is 0.333 bits per heavy atom. The van der Waals surface area contributed by atoms with E-state index in [1.54, 1.807) is 60.7 Å². The number of rotatable bonds is 10. The summed E-state index contributed by atoms with van der Waals surface area (Å²) in [5.41, 5.74) is -0.428. The normalized spacial score (nSPS) is 11.5. The number of halogens is 7. The summed E-state index contributed by atoms with van der Waals surface area (Å²) in [6.07, 6.45) is 2.27. The third-order valence-electron chi connectivity index (χ3n) is 11.9. The van der Waals surface area contributed by atoms with Crippen LogP contribution in [0.4, 0.5) is 30.7 Å². The minimum absolute atomic E-state index is 0.